The molecular formula is C15H21NO2S. The van der Waals surface area contributed by atoms with Crippen molar-refractivity contribution in [3.05, 3.63) is 41.5 Å². The fourth-order valence-electron chi connectivity index (χ4n) is 1.83. The van der Waals surface area contributed by atoms with E-state index < -0.39 is 5.97 Å². The molecule has 0 aliphatic carbocycles. The van der Waals surface area contributed by atoms with Crippen LogP contribution in [0.5, 0.6) is 0 Å². The Labute approximate surface area is 119 Å². The Bertz CT molecular complexity index is 432. The number of carbonyl (C=O) groups is 1. The van der Waals surface area contributed by atoms with E-state index in [4.69, 9.17) is 5.11 Å². The number of nitrogens with zero attached hydrogens (tertiary/aromatic N) is 1. The summed E-state index contributed by atoms with van der Waals surface area (Å²) in [6.07, 6.45) is 6.11. The van der Waals surface area contributed by atoms with E-state index in [1.165, 1.54) is 23.8 Å². The monoisotopic (exact) mass is 279 g/mol. The number of benzene rings is 1. The van der Waals surface area contributed by atoms with Crippen LogP contribution in [0.15, 0.2) is 30.3 Å². The summed E-state index contributed by atoms with van der Waals surface area (Å²) in [5.74, 6) is 0.269. The summed E-state index contributed by atoms with van der Waals surface area (Å²) in [4.78, 5) is 12.8. The van der Waals surface area contributed by atoms with Gasteiger partial charge in [0.15, 0.2) is 0 Å². The first-order valence-electron chi connectivity index (χ1n) is 6.29. The molecule has 0 aliphatic rings. The Morgan fingerprint density at radius 1 is 1.47 bits per heavy atom. The number of carboxylic acids is 1. The molecule has 3 nitrogen and oxygen atoms in total. The van der Waals surface area contributed by atoms with Gasteiger partial charge in [0.25, 0.3) is 0 Å². The second-order valence-electron chi connectivity index (χ2n) is 4.50. The zero-order valence-electron chi connectivity index (χ0n) is 11.5. The molecule has 1 rings (SSSR count). The normalized spacial score (nSPS) is 11.3. The van der Waals surface area contributed by atoms with E-state index in [1.54, 1.807) is 6.08 Å². The lowest BCUT2D eigenvalue weighted by molar-refractivity contribution is -0.131. The number of hydrogen-bond donors (Lipinski definition) is 1. The van der Waals surface area contributed by atoms with E-state index in [0.717, 1.165) is 18.7 Å². The molecule has 0 unspecified atom stereocenters. The summed E-state index contributed by atoms with van der Waals surface area (Å²) >= 11 is 1.87. The number of carboxylic acid groups (broad SMARTS) is 1. The summed E-state index contributed by atoms with van der Waals surface area (Å²) in [6, 6.07) is 7.98. The zero-order chi connectivity index (χ0) is 14.1. The first-order valence-corrected chi connectivity index (χ1v) is 7.68. The van der Waals surface area contributed by atoms with Crippen LogP contribution in [-0.2, 0) is 11.3 Å². The Hall–Kier alpha value is -1.26. The van der Waals surface area contributed by atoms with Crippen LogP contribution >= 0.6 is 11.8 Å². The van der Waals surface area contributed by atoms with Gasteiger partial charge in [-0.1, -0.05) is 24.3 Å². The molecule has 0 aliphatic heterocycles. The molecule has 19 heavy (non-hydrogen) atoms. The van der Waals surface area contributed by atoms with Crippen LogP contribution in [0, 0.1) is 0 Å². The summed E-state index contributed by atoms with van der Waals surface area (Å²) in [6.45, 7) is 1.97. The van der Waals surface area contributed by atoms with Crippen molar-refractivity contribution in [2.75, 3.05) is 25.6 Å². The highest BCUT2D eigenvalue weighted by atomic mass is 32.2. The molecule has 1 aromatic rings. The lowest BCUT2D eigenvalue weighted by atomic mass is 10.1. The van der Waals surface area contributed by atoms with Crippen molar-refractivity contribution in [1.82, 2.24) is 4.90 Å². The molecule has 0 fully saturated rings. The van der Waals surface area contributed by atoms with E-state index in [9.17, 15) is 4.79 Å². The highest BCUT2D eigenvalue weighted by Gasteiger charge is 2.00. The molecule has 0 atom stereocenters. The molecule has 0 aromatic heterocycles. The van der Waals surface area contributed by atoms with Gasteiger partial charge >= 0.3 is 5.97 Å². The standard InChI is InChI=1S/C15H21NO2S/c1-16(9-4-10-19-2)12-14-6-3-5-13(11-14)7-8-15(17)18/h3,5-8,11H,4,9-10,12H2,1-2H3,(H,17,18)/b8-7+. The molecule has 0 heterocycles. The van der Waals surface area contributed by atoms with E-state index in [2.05, 4.69) is 24.3 Å². The third-order valence-corrected chi connectivity index (χ3v) is 3.41. The molecule has 0 amide bonds. The molecule has 104 valence electrons. The summed E-state index contributed by atoms with van der Waals surface area (Å²) in [7, 11) is 2.11. The Balaban J connectivity index is 2.54. The quantitative estimate of drug-likeness (QED) is 0.587. The highest BCUT2D eigenvalue weighted by molar-refractivity contribution is 7.98. The van der Waals surface area contributed by atoms with Crippen LogP contribution in [0.25, 0.3) is 6.08 Å². The molecule has 1 N–H and O–H groups in total. The van der Waals surface area contributed by atoms with Crippen LogP contribution < -0.4 is 0 Å². The fraction of sp³-hybridized carbons (Fsp3) is 0.400. The molecule has 0 saturated heterocycles. The van der Waals surface area contributed by atoms with Crippen molar-refractivity contribution in [1.29, 1.82) is 0 Å². The summed E-state index contributed by atoms with van der Waals surface area (Å²) < 4.78 is 0. The number of hydrogen-bond acceptors (Lipinski definition) is 3. The predicted molar refractivity (Wildman–Crippen MR) is 82.4 cm³/mol. The summed E-state index contributed by atoms with van der Waals surface area (Å²) in [5.41, 5.74) is 2.14. The number of rotatable bonds is 8. The minimum Gasteiger partial charge on any atom is -0.478 e. The Morgan fingerprint density at radius 2 is 2.26 bits per heavy atom. The maximum absolute atomic E-state index is 10.5. The van der Waals surface area contributed by atoms with Gasteiger partial charge in [-0.05, 0) is 49.2 Å². The average Bonchev–Trinajstić information content (AvgIpc) is 2.37. The maximum atomic E-state index is 10.5. The maximum Gasteiger partial charge on any atom is 0.328 e. The van der Waals surface area contributed by atoms with Crippen molar-refractivity contribution >= 4 is 23.8 Å². The second kappa shape index (κ2) is 8.77. The Morgan fingerprint density at radius 3 is 2.95 bits per heavy atom. The van der Waals surface area contributed by atoms with E-state index >= 15 is 0 Å². The molecule has 1 aromatic carbocycles. The van der Waals surface area contributed by atoms with Gasteiger partial charge in [0, 0.05) is 12.6 Å². The number of aliphatic carboxylic acids is 1. The van der Waals surface area contributed by atoms with Crippen molar-refractivity contribution < 1.29 is 9.90 Å². The van der Waals surface area contributed by atoms with Gasteiger partial charge < -0.3 is 10.0 Å². The third kappa shape index (κ3) is 7.03. The van der Waals surface area contributed by atoms with Crippen molar-refractivity contribution in [3.63, 3.8) is 0 Å². The number of thioether (sulfide) groups is 1. The van der Waals surface area contributed by atoms with Gasteiger partial charge in [-0.3, -0.25) is 0 Å². The van der Waals surface area contributed by atoms with Crippen molar-refractivity contribution in [2.45, 2.75) is 13.0 Å². The van der Waals surface area contributed by atoms with Gasteiger partial charge in [-0.2, -0.15) is 11.8 Å². The molecule has 0 radical (unpaired) electrons. The van der Waals surface area contributed by atoms with Gasteiger partial charge in [0.05, 0.1) is 0 Å². The van der Waals surface area contributed by atoms with E-state index in [0.29, 0.717) is 0 Å². The van der Waals surface area contributed by atoms with Crippen LogP contribution in [0.3, 0.4) is 0 Å². The van der Waals surface area contributed by atoms with Crippen LogP contribution in [0.1, 0.15) is 17.5 Å². The third-order valence-electron chi connectivity index (χ3n) is 2.71. The zero-order valence-corrected chi connectivity index (χ0v) is 12.3. The van der Waals surface area contributed by atoms with Crippen LogP contribution in [0.4, 0.5) is 0 Å². The lowest BCUT2D eigenvalue weighted by Gasteiger charge is -2.16. The van der Waals surface area contributed by atoms with Crippen molar-refractivity contribution in [3.8, 4) is 0 Å². The molecule has 0 spiro atoms. The molecule has 0 bridgehead atoms. The lowest BCUT2D eigenvalue weighted by Crippen LogP contribution is -2.19. The van der Waals surface area contributed by atoms with Gasteiger partial charge in [-0.15, -0.1) is 0 Å². The largest absolute Gasteiger partial charge is 0.478 e. The van der Waals surface area contributed by atoms with E-state index in [-0.39, 0.29) is 0 Å². The second-order valence-corrected chi connectivity index (χ2v) is 5.49. The first kappa shape index (κ1) is 15.8. The van der Waals surface area contributed by atoms with Gasteiger partial charge in [0.2, 0.25) is 0 Å². The fourth-order valence-corrected chi connectivity index (χ4v) is 2.25. The van der Waals surface area contributed by atoms with Gasteiger partial charge in [-0.25, -0.2) is 4.79 Å². The smallest absolute Gasteiger partial charge is 0.328 e. The Kier molecular flexibility index (Phi) is 7.30. The molecule has 4 heteroatoms. The van der Waals surface area contributed by atoms with Crippen LogP contribution in [-0.4, -0.2) is 41.6 Å². The van der Waals surface area contributed by atoms with Crippen LogP contribution in [0.2, 0.25) is 0 Å². The first-order chi connectivity index (χ1) is 9.11. The predicted octanol–water partition coefficient (Wildman–Crippen LogP) is 2.97. The highest BCUT2D eigenvalue weighted by Crippen LogP contribution is 2.10. The summed E-state index contributed by atoms with van der Waals surface area (Å²) in [5, 5.41) is 8.61. The van der Waals surface area contributed by atoms with E-state index in [1.807, 2.05) is 30.0 Å². The minimum atomic E-state index is -0.917. The molecular weight excluding hydrogens is 258 g/mol. The average molecular weight is 279 g/mol. The molecule has 0 saturated carbocycles. The SMILES string of the molecule is CSCCCN(C)Cc1cccc(/C=C/C(=O)O)c1. The van der Waals surface area contributed by atoms with Gasteiger partial charge in [0.1, 0.15) is 0 Å². The minimum absolute atomic E-state index is 0.892. The van der Waals surface area contributed by atoms with Crippen molar-refractivity contribution in [2.24, 2.45) is 0 Å². The topological polar surface area (TPSA) is 40.5 Å².